The Kier molecular flexibility index (Phi) is 7.05. The molecule has 1 aliphatic heterocycles. The summed E-state index contributed by atoms with van der Waals surface area (Å²) in [4.78, 5) is 27.6. The van der Waals surface area contributed by atoms with Gasteiger partial charge in [0.1, 0.15) is 6.29 Å². The predicted octanol–water partition coefficient (Wildman–Crippen LogP) is 6.61. The van der Waals surface area contributed by atoms with Crippen LogP contribution in [0.1, 0.15) is 56.2 Å². The Labute approximate surface area is 188 Å². The SMILES string of the molecule is C=CC[C@]1(C)C[C@H](c2cccc(Cl)c2)[C@@H](c2ccc(Cl)cc2)N([C@H](C=O)CC)C1=O. The molecule has 0 aliphatic carbocycles. The smallest absolute Gasteiger partial charge is 0.229 e. The summed E-state index contributed by atoms with van der Waals surface area (Å²) in [5.74, 6) is -0.0406. The van der Waals surface area contributed by atoms with Crippen molar-refractivity contribution in [1.82, 2.24) is 4.90 Å². The second kappa shape index (κ2) is 9.36. The minimum Gasteiger partial charge on any atom is -0.325 e. The van der Waals surface area contributed by atoms with E-state index in [1.165, 1.54) is 0 Å². The summed E-state index contributed by atoms with van der Waals surface area (Å²) < 4.78 is 0. The zero-order valence-corrected chi connectivity index (χ0v) is 18.9. The van der Waals surface area contributed by atoms with Crippen LogP contribution in [0, 0.1) is 5.41 Å². The van der Waals surface area contributed by atoms with Crippen molar-refractivity contribution in [3.8, 4) is 0 Å². The van der Waals surface area contributed by atoms with E-state index in [0.717, 1.165) is 17.4 Å². The normalized spacial score (nSPS) is 25.1. The number of hydrogen-bond donors (Lipinski definition) is 0. The predicted molar refractivity (Wildman–Crippen MR) is 123 cm³/mol. The van der Waals surface area contributed by atoms with Gasteiger partial charge in [0.15, 0.2) is 0 Å². The van der Waals surface area contributed by atoms with Gasteiger partial charge < -0.3 is 9.69 Å². The van der Waals surface area contributed by atoms with E-state index in [-0.39, 0.29) is 17.9 Å². The maximum atomic E-state index is 13.8. The van der Waals surface area contributed by atoms with E-state index in [1.54, 1.807) is 11.0 Å². The molecular weight excluding hydrogens is 417 g/mol. The van der Waals surface area contributed by atoms with Crippen LogP contribution in [0.2, 0.25) is 10.0 Å². The molecular formula is C25H27Cl2NO2. The topological polar surface area (TPSA) is 37.4 Å². The van der Waals surface area contributed by atoms with Gasteiger partial charge in [-0.1, -0.05) is 67.4 Å². The van der Waals surface area contributed by atoms with Crippen molar-refractivity contribution in [2.24, 2.45) is 5.41 Å². The summed E-state index contributed by atoms with van der Waals surface area (Å²) in [6.45, 7) is 7.77. The van der Waals surface area contributed by atoms with Gasteiger partial charge in [0.05, 0.1) is 17.5 Å². The van der Waals surface area contributed by atoms with Crippen molar-refractivity contribution < 1.29 is 9.59 Å². The van der Waals surface area contributed by atoms with Gasteiger partial charge in [-0.15, -0.1) is 6.58 Å². The second-order valence-corrected chi connectivity index (χ2v) is 9.11. The van der Waals surface area contributed by atoms with Crippen molar-refractivity contribution in [3.05, 3.63) is 82.4 Å². The molecule has 158 valence electrons. The highest BCUT2D eigenvalue weighted by molar-refractivity contribution is 6.30. The number of carbonyl (C=O) groups excluding carboxylic acids is 2. The molecule has 5 heteroatoms. The summed E-state index contributed by atoms with van der Waals surface area (Å²) in [5.41, 5.74) is 1.36. The molecule has 0 radical (unpaired) electrons. The molecule has 0 saturated carbocycles. The fraction of sp³-hybridized carbons (Fsp3) is 0.360. The fourth-order valence-electron chi connectivity index (χ4n) is 4.61. The van der Waals surface area contributed by atoms with Crippen LogP contribution < -0.4 is 0 Å². The lowest BCUT2D eigenvalue weighted by molar-refractivity contribution is -0.156. The first kappa shape index (κ1) is 22.6. The van der Waals surface area contributed by atoms with E-state index in [2.05, 4.69) is 6.58 Å². The Morgan fingerprint density at radius 2 is 1.87 bits per heavy atom. The molecule has 1 aliphatic rings. The van der Waals surface area contributed by atoms with Crippen LogP contribution in [-0.4, -0.2) is 23.1 Å². The van der Waals surface area contributed by atoms with Crippen molar-refractivity contribution in [1.29, 1.82) is 0 Å². The molecule has 2 aromatic rings. The molecule has 0 aromatic heterocycles. The van der Waals surface area contributed by atoms with Gasteiger partial charge in [-0.3, -0.25) is 4.79 Å². The number of amides is 1. The molecule has 3 nitrogen and oxygen atoms in total. The number of rotatable bonds is 7. The quantitative estimate of drug-likeness (QED) is 0.356. The molecule has 1 amide bonds. The molecule has 1 fully saturated rings. The van der Waals surface area contributed by atoms with Crippen LogP contribution in [0.4, 0.5) is 0 Å². The minimum atomic E-state index is -0.645. The number of likely N-dealkylation sites (tertiary alicyclic amines) is 1. The Balaban J connectivity index is 2.23. The van der Waals surface area contributed by atoms with Gasteiger partial charge in [0, 0.05) is 16.0 Å². The molecule has 0 bridgehead atoms. The second-order valence-electron chi connectivity index (χ2n) is 8.24. The average molecular weight is 444 g/mol. The molecule has 1 saturated heterocycles. The summed E-state index contributed by atoms with van der Waals surface area (Å²) in [5, 5.41) is 1.28. The van der Waals surface area contributed by atoms with E-state index in [1.807, 2.05) is 62.4 Å². The molecule has 0 N–H and O–H groups in total. The molecule has 1 heterocycles. The lowest BCUT2D eigenvalue weighted by Crippen LogP contribution is -2.55. The van der Waals surface area contributed by atoms with Crippen LogP contribution in [-0.2, 0) is 9.59 Å². The Morgan fingerprint density at radius 1 is 1.17 bits per heavy atom. The maximum absolute atomic E-state index is 13.8. The number of piperidine rings is 1. The number of halogens is 2. The number of benzene rings is 2. The highest BCUT2D eigenvalue weighted by Gasteiger charge is 2.50. The third kappa shape index (κ3) is 4.33. The summed E-state index contributed by atoms with van der Waals surface area (Å²) in [7, 11) is 0. The third-order valence-corrected chi connectivity index (χ3v) is 6.61. The van der Waals surface area contributed by atoms with Crippen LogP contribution >= 0.6 is 23.2 Å². The summed E-state index contributed by atoms with van der Waals surface area (Å²) >= 11 is 12.5. The first-order valence-corrected chi connectivity index (χ1v) is 11.0. The zero-order valence-electron chi connectivity index (χ0n) is 17.4. The first-order valence-electron chi connectivity index (χ1n) is 10.2. The van der Waals surface area contributed by atoms with Crippen molar-refractivity contribution in [3.63, 3.8) is 0 Å². The van der Waals surface area contributed by atoms with Crippen molar-refractivity contribution >= 4 is 35.4 Å². The van der Waals surface area contributed by atoms with Crippen molar-refractivity contribution in [2.75, 3.05) is 0 Å². The largest absolute Gasteiger partial charge is 0.325 e. The molecule has 0 unspecified atom stereocenters. The van der Waals surface area contributed by atoms with Crippen LogP contribution in [0.15, 0.2) is 61.2 Å². The van der Waals surface area contributed by atoms with Gasteiger partial charge >= 0.3 is 0 Å². The average Bonchev–Trinajstić information content (AvgIpc) is 2.73. The van der Waals surface area contributed by atoms with Gasteiger partial charge in [0.25, 0.3) is 0 Å². The summed E-state index contributed by atoms with van der Waals surface area (Å²) in [6.07, 6.45) is 4.40. The first-order chi connectivity index (χ1) is 14.3. The van der Waals surface area contributed by atoms with E-state index in [0.29, 0.717) is 29.3 Å². The number of nitrogens with zero attached hydrogens (tertiary/aromatic N) is 1. The van der Waals surface area contributed by atoms with Gasteiger partial charge in [-0.2, -0.15) is 0 Å². The van der Waals surface area contributed by atoms with Crippen LogP contribution in [0.3, 0.4) is 0 Å². The Morgan fingerprint density at radius 3 is 2.43 bits per heavy atom. The monoisotopic (exact) mass is 443 g/mol. The maximum Gasteiger partial charge on any atom is 0.229 e. The van der Waals surface area contributed by atoms with Gasteiger partial charge in [-0.05, 0) is 54.7 Å². The van der Waals surface area contributed by atoms with Crippen LogP contribution in [0.25, 0.3) is 0 Å². The Bertz CT molecular complexity index is 927. The molecule has 4 atom stereocenters. The third-order valence-electron chi connectivity index (χ3n) is 6.12. The molecule has 0 spiro atoms. The fourth-order valence-corrected chi connectivity index (χ4v) is 4.94. The summed E-state index contributed by atoms with van der Waals surface area (Å²) in [6, 6.07) is 14.5. The number of aldehydes is 1. The minimum absolute atomic E-state index is 0.0143. The lowest BCUT2D eigenvalue weighted by Gasteiger charge is -2.51. The van der Waals surface area contributed by atoms with E-state index in [9.17, 15) is 9.59 Å². The molecule has 3 rings (SSSR count). The van der Waals surface area contributed by atoms with Crippen molar-refractivity contribution in [2.45, 2.75) is 51.1 Å². The highest BCUT2D eigenvalue weighted by atomic mass is 35.5. The lowest BCUT2D eigenvalue weighted by atomic mass is 9.67. The molecule has 30 heavy (non-hydrogen) atoms. The highest BCUT2D eigenvalue weighted by Crippen LogP contribution is 2.52. The van der Waals surface area contributed by atoms with Crippen LogP contribution in [0.5, 0.6) is 0 Å². The number of allylic oxidation sites excluding steroid dienone is 1. The van der Waals surface area contributed by atoms with E-state index < -0.39 is 11.5 Å². The Hall–Kier alpha value is -2.10. The van der Waals surface area contributed by atoms with E-state index in [4.69, 9.17) is 23.2 Å². The number of hydrogen-bond acceptors (Lipinski definition) is 2. The van der Waals surface area contributed by atoms with Gasteiger partial charge in [0.2, 0.25) is 5.91 Å². The standard InChI is InChI=1S/C25H27Cl2NO2/c1-4-13-25(3)15-22(18-7-6-8-20(27)14-18)23(17-9-11-19(26)12-10-17)28(24(25)30)21(5-2)16-29/h4,6-12,14,16,21-23H,1,5,13,15H2,2-3H3/t21-,22+,23+,25+/m0/s1. The van der Waals surface area contributed by atoms with Gasteiger partial charge in [-0.25, -0.2) is 0 Å². The zero-order chi connectivity index (χ0) is 21.9. The van der Waals surface area contributed by atoms with E-state index >= 15 is 0 Å². The molecule has 2 aromatic carbocycles. The number of carbonyl (C=O) groups is 2.